The first-order valence-electron chi connectivity index (χ1n) is 13.0. The van der Waals surface area contributed by atoms with Crippen molar-refractivity contribution in [3.63, 3.8) is 0 Å². The van der Waals surface area contributed by atoms with Gasteiger partial charge in [-0.2, -0.15) is 0 Å². The number of amides is 1. The SMILES string of the molecule is NC(=O)CC[C@H](Nc1ccc(-c2ccc(-c3c(Cc4ccccc4)oc4ccccc34)cc2)cc1[N+](=O)[O-])C(=O)O. The fourth-order valence-corrected chi connectivity index (χ4v) is 4.86. The van der Waals surface area contributed by atoms with E-state index in [1.54, 1.807) is 6.07 Å². The summed E-state index contributed by atoms with van der Waals surface area (Å²) in [4.78, 5) is 34.0. The van der Waals surface area contributed by atoms with Crippen molar-refractivity contribution in [3.8, 4) is 22.3 Å². The maximum atomic E-state index is 11.9. The molecule has 206 valence electrons. The third-order valence-electron chi connectivity index (χ3n) is 6.88. The molecule has 0 saturated heterocycles. The van der Waals surface area contributed by atoms with Crippen LogP contribution in [0.15, 0.2) is 101 Å². The highest BCUT2D eigenvalue weighted by molar-refractivity contribution is 5.96. The van der Waals surface area contributed by atoms with Crippen molar-refractivity contribution in [2.24, 2.45) is 5.73 Å². The minimum absolute atomic E-state index is 0.0441. The number of nitrogens with one attached hydrogen (secondary N) is 1. The van der Waals surface area contributed by atoms with Crippen molar-refractivity contribution in [1.29, 1.82) is 0 Å². The fraction of sp³-hybridized carbons (Fsp3) is 0.125. The molecule has 1 heterocycles. The number of nitrogens with zero attached hydrogens (tertiary/aromatic N) is 1. The summed E-state index contributed by atoms with van der Waals surface area (Å²) in [7, 11) is 0. The highest BCUT2D eigenvalue weighted by atomic mass is 16.6. The molecule has 0 spiro atoms. The number of rotatable bonds is 11. The molecule has 0 aliphatic rings. The number of nitrogens with two attached hydrogens (primary N) is 1. The summed E-state index contributed by atoms with van der Waals surface area (Å²) in [5.41, 5.74) is 10.1. The Labute approximate surface area is 235 Å². The van der Waals surface area contributed by atoms with Crippen LogP contribution in [0, 0.1) is 10.1 Å². The van der Waals surface area contributed by atoms with Gasteiger partial charge in [0.05, 0.1) is 4.92 Å². The molecule has 9 nitrogen and oxygen atoms in total. The van der Waals surface area contributed by atoms with Gasteiger partial charge in [0.2, 0.25) is 5.91 Å². The molecule has 9 heteroatoms. The van der Waals surface area contributed by atoms with Gasteiger partial charge in [0.15, 0.2) is 0 Å². The fourth-order valence-electron chi connectivity index (χ4n) is 4.86. The Morgan fingerprint density at radius 2 is 1.56 bits per heavy atom. The quantitative estimate of drug-likeness (QED) is 0.128. The van der Waals surface area contributed by atoms with Gasteiger partial charge in [-0.25, -0.2) is 4.79 Å². The van der Waals surface area contributed by atoms with Crippen LogP contribution in [0.3, 0.4) is 0 Å². The average Bonchev–Trinajstić information content (AvgIpc) is 3.33. The van der Waals surface area contributed by atoms with Crippen LogP contribution < -0.4 is 11.1 Å². The number of nitro benzene ring substituents is 1. The number of nitro groups is 1. The minimum Gasteiger partial charge on any atom is -0.480 e. The van der Waals surface area contributed by atoms with Gasteiger partial charge < -0.3 is 20.6 Å². The molecule has 0 unspecified atom stereocenters. The number of carboxylic acids is 1. The van der Waals surface area contributed by atoms with Crippen molar-refractivity contribution in [3.05, 3.63) is 118 Å². The zero-order chi connectivity index (χ0) is 28.9. The summed E-state index contributed by atoms with van der Waals surface area (Å²) in [5.74, 6) is -1.04. The summed E-state index contributed by atoms with van der Waals surface area (Å²) < 4.78 is 6.26. The van der Waals surface area contributed by atoms with E-state index in [9.17, 15) is 24.8 Å². The van der Waals surface area contributed by atoms with Gasteiger partial charge in [0.25, 0.3) is 5.69 Å². The first kappa shape index (κ1) is 27.1. The number of fused-ring (bicyclic) bond motifs is 1. The lowest BCUT2D eigenvalue weighted by Crippen LogP contribution is -2.31. The molecule has 0 bridgehead atoms. The van der Waals surface area contributed by atoms with Gasteiger partial charge >= 0.3 is 5.97 Å². The van der Waals surface area contributed by atoms with Crippen LogP contribution in [0.25, 0.3) is 33.2 Å². The van der Waals surface area contributed by atoms with Gasteiger partial charge in [0.1, 0.15) is 23.1 Å². The summed E-state index contributed by atoms with van der Waals surface area (Å²) in [5, 5.41) is 25.0. The molecule has 0 aliphatic carbocycles. The van der Waals surface area contributed by atoms with Crippen LogP contribution in [0.2, 0.25) is 0 Å². The van der Waals surface area contributed by atoms with E-state index in [4.69, 9.17) is 10.2 Å². The number of hydrogen-bond donors (Lipinski definition) is 3. The Kier molecular flexibility index (Phi) is 7.78. The number of carbonyl (C=O) groups is 2. The number of carbonyl (C=O) groups excluding carboxylic acids is 1. The lowest BCUT2D eigenvalue weighted by molar-refractivity contribution is -0.383. The molecule has 5 aromatic rings. The molecular weight excluding hydrogens is 522 g/mol. The normalized spacial score (nSPS) is 11.7. The van der Waals surface area contributed by atoms with Crippen LogP contribution in [-0.2, 0) is 16.0 Å². The molecule has 0 radical (unpaired) electrons. The van der Waals surface area contributed by atoms with Gasteiger partial charge in [-0.15, -0.1) is 0 Å². The Balaban J connectivity index is 1.46. The molecule has 0 saturated carbocycles. The summed E-state index contributed by atoms with van der Waals surface area (Å²) in [6.45, 7) is 0. The molecule has 0 fully saturated rings. The van der Waals surface area contributed by atoms with Crippen LogP contribution in [0.4, 0.5) is 11.4 Å². The second kappa shape index (κ2) is 11.7. The summed E-state index contributed by atoms with van der Waals surface area (Å²) >= 11 is 0. The monoisotopic (exact) mass is 549 g/mol. The van der Waals surface area contributed by atoms with E-state index in [0.29, 0.717) is 12.0 Å². The molecule has 5 rings (SSSR count). The van der Waals surface area contributed by atoms with Crippen LogP contribution in [-0.4, -0.2) is 27.9 Å². The summed E-state index contributed by atoms with van der Waals surface area (Å²) in [6, 6.07) is 29.0. The molecular formula is C32H27N3O6. The van der Waals surface area contributed by atoms with Gasteiger partial charge in [0, 0.05) is 29.9 Å². The zero-order valence-electron chi connectivity index (χ0n) is 21.9. The van der Waals surface area contributed by atoms with E-state index in [1.165, 1.54) is 12.1 Å². The van der Waals surface area contributed by atoms with E-state index in [1.807, 2.05) is 66.7 Å². The molecule has 0 aliphatic heterocycles. The Hall–Kier alpha value is -5.44. The van der Waals surface area contributed by atoms with Crippen molar-refractivity contribution in [2.45, 2.75) is 25.3 Å². The maximum absolute atomic E-state index is 11.9. The highest BCUT2D eigenvalue weighted by Crippen LogP contribution is 2.38. The number of aliphatic carboxylic acids is 1. The van der Waals surface area contributed by atoms with E-state index in [2.05, 4.69) is 17.4 Å². The van der Waals surface area contributed by atoms with Crippen LogP contribution >= 0.6 is 0 Å². The number of para-hydroxylation sites is 1. The Morgan fingerprint density at radius 3 is 2.24 bits per heavy atom. The number of furan rings is 1. The largest absolute Gasteiger partial charge is 0.480 e. The average molecular weight is 550 g/mol. The van der Waals surface area contributed by atoms with E-state index in [0.717, 1.165) is 39.0 Å². The van der Waals surface area contributed by atoms with Gasteiger partial charge in [-0.1, -0.05) is 78.9 Å². The molecule has 1 amide bonds. The van der Waals surface area contributed by atoms with E-state index in [-0.39, 0.29) is 24.2 Å². The zero-order valence-corrected chi connectivity index (χ0v) is 21.9. The molecule has 1 aromatic heterocycles. The third-order valence-corrected chi connectivity index (χ3v) is 6.88. The smallest absolute Gasteiger partial charge is 0.326 e. The predicted octanol–water partition coefficient (Wildman–Crippen LogP) is 6.40. The summed E-state index contributed by atoms with van der Waals surface area (Å²) in [6.07, 6.45) is 0.366. The molecule has 4 aromatic carbocycles. The minimum atomic E-state index is -1.24. The van der Waals surface area contributed by atoms with Crippen molar-refractivity contribution in [1.82, 2.24) is 0 Å². The Bertz CT molecular complexity index is 1730. The number of primary amides is 1. The van der Waals surface area contributed by atoms with Crippen LogP contribution in [0.5, 0.6) is 0 Å². The van der Waals surface area contributed by atoms with Crippen molar-refractivity contribution < 1.29 is 24.0 Å². The van der Waals surface area contributed by atoms with Crippen LogP contribution in [0.1, 0.15) is 24.2 Å². The van der Waals surface area contributed by atoms with Gasteiger partial charge in [-0.3, -0.25) is 14.9 Å². The maximum Gasteiger partial charge on any atom is 0.326 e. The lowest BCUT2D eigenvalue weighted by Gasteiger charge is -2.15. The standard InChI is InChI=1S/C32H27N3O6/c33-30(36)17-16-26(32(37)38)34-25-15-14-23(19-27(25)35(39)40)21-10-12-22(13-11-21)31-24-8-4-5-9-28(24)41-29(31)18-20-6-2-1-3-7-20/h1-15,19,26,34H,16-18H2,(H2,33,36)(H,37,38)/t26-/m0/s1. The first-order chi connectivity index (χ1) is 19.8. The van der Waals surface area contributed by atoms with E-state index >= 15 is 0 Å². The van der Waals surface area contributed by atoms with Gasteiger partial charge in [-0.05, 0) is 40.8 Å². The Morgan fingerprint density at radius 1 is 0.902 bits per heavy atom. The third kappa shape index (κ3) is 6.09. The molecule has 4 N–H and O–H groups in total. The number of carboxylic acid groups (broad SMARTS) is 1. The van der Waals surface area contributed by atoms with Crippen molar-refractivity contribution in [2.75, 3.05) is 5.32 Å². The second-order valence-electron chi connectivity index (χ2n) is 9.67. The first-order valence-corrected chi connectivity index (χ1v) is 13.0. The highest BCUT2D eigenvalue weighted by Gasteiger charge is 2.23. The van der Waals surface area contributed by atoms with Crippen molar-refractivity contribution >= 4 is 34.2 Å². The molecule has 41 heavy (non-hydrogen) atoms. The topological polar surface area (TPSA) is 149 Å². The lowest BCUT2D eigenvalue weighted by atomic mass is 9.96. The number of benzene rings is 4. The van der Waals surface area contributed by atoms with E-state index < -0.39 is 22.8 Å². The number of anilines is 1. The second-order valence-corrected chi connectivity index (χ2v) is 9.67. The molecule has 1 atom stereocenters. The predicted molar refractivity (Wildman–Crippen MR) is 156 cm³/mol. The number of hydrogen-bond acceptors (Lipinski definition) is 6.